The van der Waals surface area contributed by atoms with Crippen LogP contribution in [0.4, 0.5) is 11.4 Å². The van der Waals surface area contributed by atoms with Crippen LogP contribution in [0.2, 0.25) is 0 Å². The van der Waals surface area contributed by atoms with E-state index in [2.05, 4.69) is 10.6 Å². The molecule has 0 aliphatic heterocycles. The summed E-state index contributed by atoms with van der Waals surface area (Å²) in [5.74, 6) is 1.04. The Morgan fingerprint density at radius 2 is 1.59 bits per heavy atom. The first-order valence-electron chi connectivity index (χ1n) is 9.24. The molecule has 0 spiro atoms. The predicted molar refractivity (Wildman–Crippen MR) is 116 cm³/mol. The van der Waals surface area contributed by atoms with Crippen LogP contribution in [-0.4, -0.2) is 26.0 Å². The van der Waals surface area contributed by atoms with Gasteiger partial charge in [-0.2, -0.15) is 0 Å². The van der Waals surface area contributed by atoms with Gasteiger partial charge in [0.15, 0.2) is 0 Å². The summed E-state index contributed by atoms with van der Waals surface area (Å²) >= 11 is 0. The van der Waals surface area contributed by atoms with E-state index in [9.17, 15) is 9.59 Å². The monoisotopic (exact) mass is 394 g/mol. The minimum atomic E-state index is -0.238. The van der Waals surface area contributed by atoms with Gasteiger partial charge in [-0.25, -0.2) is 0 Å². The lowest BCUT2D eigenvalue weighted by molar-refractivity contribution is -0.114. The fourth-order valence-corrected chi connectivity index (χ4v) is 2.61. The van der Waals surface area contributed by atoms with Gasteiger partial charge in [0.1, 0.15) is 11.5 Å². The maximum atomic E-state index is 12.2. The predicted octanol–water partition coefficient (Wildman–Crippen LogP) is 4.65. The second kappa shape index (κ2) is 10.7. The summed E-state index contributed by atoms with van der Waals surface area (Å²) in [6, 6.07) is 12.5. The Morgan fingerprint density at radius 1 is 0.931 bits per heavy atom. The van der Waals surface area contributed by atoms with Gasteiger partial charge in [0.2, 0.25) is 11.8 Å². The molecule has 0 unspecified atom stereocenters. The van der Waals surface area contributed by atoms with E-state index in [1.165, 1.54) is 13.0 Å². The van der Waals surface area contributed by atoms with Gasteiger partial charge < -0.3 is 20.1 Å². The SMILES string of the molecule is CCC(/C=C/C(=O)Nc1ccc(NC(C)=O)cc1)=C\c1ccc(OC)cc1OC. The summed E-state index contributed by atoms with van der Waals surface area (Å²) in [7, 11) is 3.22. The molecule has 152 valence electrons. The number of amides is 2. The minimum Gasteiger partial charge on any atom is -0.497 e. The largest absolute Gasteiger partial charge is 0.497 e. The summed E-state index contributed by atoms with van der Waals surface area (Å²) in [5.41, 5.74) is 3.21. The zero-order valence-corrected chi connectivity index (χ0v) is 17.1. The van der Waals surface area contributed by atoms with Crippen LogP contribution in [0.3, 0.4) is 0 Å². The molecule has 2 aromatic carbocycles. The number of benzene rings is 2. The maximum absolute atomic E-state index is 12.2. The van der Waals surface area contributed by atoms with E-state index in [1.54, 1.807) is 44.6 Å². The number of anilines is 2. The highest BCUT2D eigenvalue weighted by atomic mass is 16.5. The van der Waals surface area contributed by atoms with E-state index in [0.29, 0.717) is 17.1 Å². The van der Waals surface area contributed by atoms with E-state index in [1.807, 2.05) is 31.2 Å². The molecule has 0 bridgehead atoms. The van der Waals surface area contributed by atoms with Crippen molar-refractivity contribution >= 4 is 29.3 Å². The summed E-state index contributed by atoms with van der Waals surface area (Å²) in [6.45, 7) is 3.46. The minimum absolute atomic E-state index is 0.142. The molecule has 0 atom stereocenters. The van der Waals surface area contributed by atoms with Gasteiger partial charge in [0, 0.05) is 36.0 Å². The van der Waals surface area contributed by atoms with Gasteiger partial charge in [0.25, 0.3) is 0 Å². The third-order valence-electron chi connectivity index (χ3n) is 4.11. The van der Waals surface area contributed by atoms with Crippen molar-refractivity contribution in [2.45, 2.75) is 20.3 Å². The van der Waals surface area contributed by atoms with Crippen LogP contribution in [0.5, 0.6) is 11.5 Å². The highest BCUT2D eigenvalue weighted by Gasteiger charge is 2.04. The zero-order chi connectivity index (χ0) is 21.2. The average Bonchev–Trinajstić information content (AvgIpc) is 2.72. The van der Waals surface area contributed by atoms with Crippen molar-refractivity contribution < 1.29 is 19.1 Å². The molecule has 0 saturated carbocycles. The van der Waals surface area contributed by atoms with Crippen molar-refractivity contribution in [2.24, 2.45) is 0 Å². The molecule has 0 aromatic heterocycles. The third kappa shape index (κ3) is 6.84. The molecule has 6 heteroatoms. The lowest BCUT2D eigenvalue weighted by Crippen LogP contribution is -2.09. The van der Waals surface area contributed by atoms with Crippen molar-refractivity contribution in [3.63, 3.8) is 0 Å². The topological polar surface area (TPSA) is 76.7 Å². The summed E-state index contributed by atoms with van der Waals surface area (Å²) in [4.78, 5) is 23.3. The normalized spacial score (nSPS) is 11.2. The zero-order valence-electron chi connectivity index (χ0n) is 17.1. The lowest BCUT2D eigenvalue weighted by Gasteiger charge is -2.08. The Bertz CT molecular complexity index is 915. The van der Waals surface area contributed by atoms with Crippen molar-refractivity contribution in [3.05, 3.63) is 65.8 Å². The molecule has 2 aromatic rings. The smallest absolute Gasteiger partial charge is 0.248 e. The molecule has 2 amide bonds. The average molecular weight is 394 g/mol. The van der Waals surface area contributed by atoms with Crippen LogP contribution in [0, 0.1) is 0 Å². The molecule has 2 rings (SSSR count). The Morgan fingerprint density at radius 3 is 2.14 bits per heavy atom. The van der Waals surface area contributed by atoms with Gasteiger partial charge in [-0.15, -0.1) is 0 Å². The van der Waals surface area contributed by atoms with Gasteiger partial charge in [0.05, 0.1) is 14.2 Å². The molecule has 0 heterocycles. The van der Waals surface area contributed by atoms with Crippen LogP contribution >= 0.6 is 0 Å². The van der Waals surface area contributed by atoms with Crippen LogP contribution in [-0.2, 0) is 9.59 Å². The molecule has 6 nitrogen and oxygen atoms in total. The first-order chi connectivity index (χ1) is 13.9. The number of nitrogens with one attached hydrogen (secondary N) is 2. The molecule has 0 aliphatic rings. The first-order valence-corrected chi connectivity index (χ1v) is 9.24. The van der Waals surface area contributed by atoms with Gasteiger partial charge >= 0.3 is 0 Å². The Hall–Kier alpha value is -3.54. The van der Waals surface area contributed by atoms with E-state index >= 15 is 0 Å². The Labute approximate surface area is 171 Å². The Kier molecular flexibility index (Phi) is 8.03. The molecule has 0 fully saturated rings. The van der Waals surface area contributed by atoms with Crippen LogP contribution in [0.15, 0.2) is 60.2 Å². The highest BCUT2D eigenvalue weighted by molar-refractivity contribution is 6.00. The maximum Gasteiger partial charge on any atom is 0.248 e. The van der Waals surface area contributed by atoms with Crippen LogP contribution < -0.4 is 20.1 Å². The molecule has 0 aliphatic carbocycles. The molecular formula is C23H26N2O4. The molecule has 29 heavy (non-hydrogen) atoms. The van der Waals surface area contributed by atoms with Crippen molar-refractivity contribution in [1.82, 2.24) is 0 Å². The number of carbonyl (C=O) groups excluding carboxylic acids is 2. The number of methoxy groups -OCH3 is 2. The van der Waals surface area contributed by atoms with Crippen molar-refractivity contribution in [2.75, 3.05) is 24.9 Å². The van der Waals surface area contributed by atoms with Crippen LogP contribution in [0.25, 0.3) is 6.08 Å². The first kappa shape index (κ1) is 21.8. The van der Waals surface area contributed by atoms with E-state index in [0.717, 1.165) is 23.3 Å². The summed E-state index contributed by atoms with van der Waals surface area (Å²) < 4.78 is 10.6. The lowest BCUT2D eigenvalue weighted by atomic mass is 10.1. The Balaban J connectivity index is 2.07. The quantitative estimate of drug-likeness (QED) is 0.505. The number of carbonyl (C=O) groups is 2. The fraction of sp³-hybridized carbons (Fsp3) is 0.217. The number of rotatable bonds is 8. The van der Waals surface area contributed by atoms with E-state index in [4.69, 9.17) is 9.47 Å². The second-order valence-corrected chi connectivity index (χ2v) is 6.26. The highest BCUT2D eigenvalue weighted by Crippen LogP contribution is 2.27. The number of allylic oxidation sites excluding steroid dienone is 2. The fourth-order valence-electron chi connectivity index (χ4n) is 2.61. The molecule has 0 saturated heterocycles. The van der Waals surface area contributed by atoms with Gasteiger partial charge in [-0.05, 0) is 54.5 Å². The second-order valence-electron chi connectivity index (χ2n) is 6.26. The van der Waals surface area contributed by atoms with E-state index < -0.39 is 0 Å². The summed E-state index contributed by atoms with van der Waals surface area (Å²) in [6.07, 6.45) is 6.01. The molecule has 0 radical (unpaired) electrons. The number of hydrogen-bond acceptors (Lipinski definition) is 4. The summed E-state index contributed by atoms with van der Waals surface area (Å²) in [5, 5.41) is 5.48. The van der Waals surface area contributed by atoms with Gasteiger partial charge in [-0.3, -0.25) is 9.59 Å². The molecular weight excluding hydrogens is 368 g/mol. The van der Waals surface area contributed by atoms with Crippen molar-refractivity contribution in [1.29, 1.82) is 0 Å². The van der Waals surface area contributed by atoms with Gasteiger partial charge in [-0.1, -0.05) is 13.0 Å². The standard InChI is InChI=1S/C23H26N2O4/c1-5-17(14-18-7-12-21(28-3)15-22(18)29-4)6-13-23(27)25-20-10-8-19(9-11-20)24-16(2)26/h6-15H,5H2,1-4H3,(H,24,26)(H,25,27)/b13-6+,17-14+. The van der Waals surface area contributed by atoms with Crippen molar-refractivity contribution in [3.8, 4) is 11.5 Å². The third-order valence-corrected chi connectivity index (χ3v) is 4.11. The number of hydrogen-bond donors (Lipinski definition) is 2. The van der Waals surface area contributed by atoms with E-state index in [-0.39, 0.29) is 11.8 Å². The van der Waals surface area contributed by atoms with Crippen LogP contribution in [0.1, 0.15) is 25.8 Å². The molecule has 2 N–H and O–H groups in total. The number of ether oxygens (including phenoxy) is 2.